The SMILES string of the molecule is COc1cccc(CN2CCC(CCNC(=O)c3noc(-c4ccc([N+](=O)[O-])cc4)n3)CC2)c1. The summed E-state index contributed by atoms with van der Waals surface area (Å²) >= 11 is 0. The smallest absolute Gasteiger partial charge is 0.292 e. The topological polar surface area (TPSA) is 124 Å². The molecule has 0 radical (unpaired) electrons. The molecule has 0 atom stereocenters. The average Bonchev–Trinajstić information content (AvgIpc) is 3.36. The van der Waals surface area contributed by atoms with Gasteiger partial charge in [0.2, 0.25) is 0 Å². The molecular formula is C24H27N5O5. The Kier molecular flexibility index (Phi) is 7.48. The first kappa shape index (κ1) is 23.4. The normalized spacial score (nSPS) is 14.6. The van der Waals surface area contributed by atoms with Crippen LogP contribution in [0.5, 0.6) is 5.75 Å². The molecule has 1 N–H and O–H groups in total. The minimum absolute atomic E-state index is 0.0349. The number of methoxy groups -OCH3 is 1. The lowest BCUT2D eigenvalue weighted by Crippen LogP contribution is -2.35. The molecule has 2 heterocycles. The number of piperidine rings is 1. The van der Waals surface area contributed by atoms with E-state index in [0.29, 0.717) is 18.0 Å². The molecule has 1 fully saturated rings. The van der Waals surface area contributed by atoms with E-state index in [-0.39, 0.29) is 17.4 Å². The Hall–Kier alpha value is -3.79. The Labute approximate surface area is 197 Å². The van der Waals surface area contributed by atoms with Crippen LogP contribution in [-0.2, 0) is 6.54 Å². The minimum atomic E-state index is -0.485. The molecule has 0 saturated carbocycles. The summed E-state index contributed by atoms with van der Waals surface area (Å²) in [7, 11) is 1.68. The van der Waals surface area contributed by atoms with E-state index in [1.54, 1.807) is 7.11 Å². The lowest BCUT2D eigenvalue weighted by atomic mass is 9.93. The van der Waals surface area contributed by atoms with E-state index in [0.717, 1.165) is 44.6 Å². The van der Waals surface area contributed by atoms with Crippen molar-refractivity contribution in [1.82, 2.24) is 20.4 Å². The number of amides is 1. The van der Waals surface area contributed by atoms with Gasteiger partial charge in [-0.3, -0.25) is 19.8 Å². The van der Waals surface area contributed by atoms with E-state index in [1.807, 2.05) is 12.1 Å². The predicted molar refractivity (Wildman–Crippen MR) is 124 cm³/mol. The van der Waals surface area contributed by atoms with Crippen molar-refractivity contribution in [1.29, 1.82) is 0 Å². The molecule has 2 aromatic carbocycles. The highest BCUT2D eigenvalue weighted by atomic mass is 16.6. The summed E-state index contributed by atoms with van der Waals surface area (Å²) in [6, 6.07) is 13.9. The second kappa shape index (κ2) is 10.9. The van der Waals surface area contributed by atoms with Gasteiger partial charge in [-0.25, -0.2) is 0 Å². The molecule has 10 nitrogen and oxygen atoms in total. The molecule has 10 heteroatoms. The second-order valence-electron chi connectivity index (χ2n) is 8.34. The molecule has 3 aromatic rings. The summed E-state index contributed by atoms with van der Waals surface area (Å²) in [4.78, 5) is 29.2. The van der Waals surface area contributed by atoms with Crippen LogP contribution in [0.2, 0.25) is 0 Å². The van der Waals surface area contributed by atoms with Crippen molar-refractivity contribution in [3.05, 3.63) is 70.0 Å². The highest BCUT2D eigenvalue weighted by Gasteiger charge is 2.21. The van der Waals surface area contributed by atoms with E-state index < -0.39 is 10.8 Å². The van der Waals surface area contributed by atoms with E-state index in [1.165, 1.54) is 29.8 Å². The maximum atomic E-state index is 12.4. The number of carbonyl (C=O) groups is 1. The van der Waals surface area contributed by atoms with Crippen molar-refractivity contribution >= 4 is 11.6 Å². The van der Waals surface area contributed by atoms with Gasteiger partial charge in [0.25, 0.3) is 23.3 Å². The Morgan fingerprint density at radius 3 is 2.71 bits per heavy atom. The minimum Gasteiger partial charge on any atom is -0.497 e. The number of hydrogen-bond donors (Lipinski definition) is 1. The zero-order valence-electron chi connectivity index (χ0n) is 19.0. The van der Waals surface area contributed by atoms with Gasteiger partial charge in [0.1, 0.15) is 5.75 Å². The zero-order chi connectivity index (χ0) is 23.9. The van der Waals surface area contributed by atoms with Gasteiger partial charge in [0.15, 0.2) is 0 Å². The van der Waals surface area contributed by atoms with Gasteiger partial charge >= 0.3 is 0 Å². The molecular weight excluding hydrogens is 438 g/mol. The molecule has 0 spiro atoms. The van der Waals surface area contributed by atoms with Gasteiger partial charge in [-0.2, -0.15) is 4.98 Å². The summed E-state index contributed by atoms with van der Waals surface area (Å²) < 4.78 is 10.4. The Morgan fingerprint density at radius 1 is 1.24 bits per heavy atom. The number of nitrogens with one attached hydrogen (secondary N) is 1. The van der Waals surface area contributed by atoms with Gasteiger partial charge in [-0.15, -0.1) is 0 Å². The Balaban J connectivity index is 1.19. The molecule has 34 heavy (non-hydrogen) atoms. The number of nitro benzene ring substituents is 1. The highest BCUT2D eigenvalue weighted by Crippen LogP contribution is 2.23. The number of nitro groups is 1. The third-order valence-corrected chi connectivity index (χ3v) is 6.04. The molecule has 178 valence electrons. The number of rotatable bonds is 9. The quantitative estimate of drug-likeness (QED) is 0.375. The molecule has 1 saturated heterocycles. The number of nitrogens with zero attached hydrogens (tertiary/aromatic N) is 4. The van der Waals surface area contributed by atoms with Crippen molar-refractivity contribution in [2.24, 2.45) is 5.92 Å². The first-order chi connectivity index (χ1) is 16.5. The summed E-state index contributed by atoms with van der Waals surface area (Å²) in [5, 5.41) is 17.4. The monoisotopic (exact) mass is 465 g/mol. The summed E-state index contributed by atoms with van der Waals surface area (Å²) in [5.74, 6) is 1.13. The first-order valence-corrected chi connectivity index (χ1v) is 11.2. The number of benzene rings is 2. The van der Waals surface area contributed by atoms with E-state index in [2.05, 4.69) is 32.5 Å². The molecule has 1 amide bonds. The number of non-ortho nitro benzene ring substituents is 1. The summed E-state index contributed by atoms with van der Waals surface area (Å²) in [6.45, 7) is 3.51. The maximum Gasteiger partial charge on any atom is 0.292 e. The van der Waals surface area contributed by atoms with Gasteiger partial charge in [0, 0.05) is 30.8 Å². The predicted octanol–water partition coefficient (Wildman–Crippen LogP) is 3.69. The van der Waals surface area contributed by atoms with Gasteiger partial charge in [0.05, 0.1) is 12.0 Å². The van der Waals surface area contributed by atoms with Crippen LogP contribution in [0.25, 0.3) is 11.5 Å². The third-order valence-electron chi connectivity index (χ3n) is 6.04. The average molecular weight is 466 g/mol. The fourth-order valence-electron chi connectivity index (χ4n) is 4.09. The standard InChI is InChI=1S/C24H27N5O5/c1-33-21-4-2-3-18(15-21)16-28-13-10-17(11-14-28)9-12-25-23(30)22-26-24(34-27-22)19-5-7-20(8-6-19)29(31)32/h2-8,15,17H,9-14,16H2,1H3,(H,25,30). The third kappa shape index (κ3) is 5.96. The number of aromatic nitrogens is 2. The molecule has 0 aliphatic carbocycles. The molecule has 0 bridgehead atoms. The van der Waals surface area contributed by atoms with E-state index in [9.17, 15) is 14.9 Å². The number of ether oxygens (including phenoxy) is 1. The van der Waals surface area contributed by atoms with Crippen LogP contribution in [0.3, 0.4) is 0 Å². The van der Waals surface area contributed by atoms with Crippen LogP contribution >= 0.6 is 0 Å². The summed E-state index contributed by atoms with van der Waals surface area (Å²) in [5.41, 5.74) is 1.73. The first-order valence-electron chi connectivity index (χ1n) is 11.2. The maximum absolute atomic E-state index is 12.4. The van der Waals surface area contributed by atoms with Crippen LogP contribution in [0.1, 0.15) is 35.4 Å². The van der Waals surface area contributed by atoms with Gasteiger partial charge in [-0.1, -0.05) is 17.3 Å². The van der Waals surface area contributed by atoms with Crippen molar-refractivity contribution < 1.29 is 19.0 Å². The van der Waals surface area contributed by atoms with Crippen molar-refractivity contribution in [3.63, 3.8) is 0 Å². The highest BCUT2D eigenvalue weighted by molar-refractivity contribution is 5.90. The molecule has 1 aliphatic heterocycles. The summed E-state index contributed by atoms with van der Waals surface area (Å²) in [6.07, 6.45) is 3.07. The van der Waals surface area contributed by atoms with Crippen molar-refractivity contribution in [2.45, 2.75) is 25.8 Å². The van der Waals surface area contributed by atoms with E-state index >= 15 is 0 Å². The largest absolute Gasteiger partial charge is 0.497 e. The van der Waals surface area contributed by atoms with Crippen LogP contribution < -0.4 is 10.1 Å². The number of hydrogen-bond acceptors (Lipinski definition) is 8. The lowest BCUT2D eigenvalue weighted by molar-refractivity contribution is -0.384. The van der Waals surface area contributed by atoms with Gasteiger partial charge in [-0.05, 0) is 68.1 Å². The lowest BCUT2D eigenvalue weighted by Gasteiger charge is -2.32. The fourth-order valence-corrected chi connectivity index (χ4v) is 4.09. The van der Waals surface area contributed by atoms with Crippen molar-refractivity contribution in [3.8, 4) is 17.2 Å². The van der Waals surface area contributed by atoms with Crippen molar-refractivity contribution in [2.75, 3.05) is 26.7 Å². The van der Waals surface area contributed by atoms with Crippen LogP contribution in [-0.4, -0.2) is 52.6 Å². The number of carbonyl (C=O) groups excluding carboxylic acids is 1. The molecule has 1 aromatic heterocycles. The zero-order valence-corrected chi connectivity index (χ0v) is 19.0. The molecule has 4 rings (SSSR count). The molecule has 1 aliphatic rings. The molecule has 0 unspecified atom stereocenters. The van der Waals surface area contributed by atoms with Crippen LogP contribution in [0.4, 0.5) is 5.69 Å². The Bertz CT molecular complexity index is 1120. The van der Waals surface area contributed by atoms with Gasteiger partial charge < -0.3 is 14.6 Å². The van der Waals surface area contributed by atoms with Crippen LogP contribution in [0.15, 0.2) is 53.1 Å². The van der Waals surface area contributed by atoms with Crippen LogP contribution in [0, 0.1) is 16.0 Å². The fraction of sp³-hybridized carbons (Fsp3) is 0.375. The second-order valence-corrected chi connectivity index (χ2v) is 8.34. The number of likely N-dealkylation sites (tertiary alicyclic amines) is 1. The van der Waals surface area contributed by atoms with E-state index in [4.69, 9.17) is 9.26 Å². The Morgan fingerprint density at radius 2 is 2.00 bits per heavy atom.